The maximum atomic E-state index is 11.4. The minimum Gasteiger partial charge on any atom is -0.334 e. The molecule has 2 N–H and O–H groups in total. The number of hydrogen-bond donors (Lipinski definition) is 1. The minimum absolute atomic E-state index is 0.0590. The largest absolute Gasteiger partial charge is 0.334 e. The Morgan fingerprint density at radius 3 is 2.29 bits per heavy atom. The molecule has 1 saturated carbocycles. The molecular weight excluding hydrogens is 376 g/mol. The van der Waals surface area contributed by atoms with E-state index in [1.807, 2.05) is 0 Å². The number of primary sulfonamides is 1. The zero-order valence-corrected chi connectivity index (χ0v) is 16.1. The van der Waals surface area contributed by atoms with Crippen LogP contribution in [0.15, 0.2) is 57.9 Å². The number of nitrogens with zero attached hydrogens (tertiary/aromatic N) is 3. The maximum absolute atomic E-state index is 11.4. The second-order valence-electron chi connectivity index (χ2n) is 7.54. The number of nitrogens with two attached hydrogens (primary N) is 1. The monoisotopic (exact) mass is 394 g/mol. The molecule has 28 heavy (non-hydrogen) atoms. The second-order valence-corrected chi connectivity index (χ2v) is 9.10. The number of sulfonamides is 1. The van der Waals surface area contributed by atoms with Gasteiger partial charge in [-0.2, -0.15) is 10.2 Å². The second kappa shape index (κ2) is 6.26. The average Bonchev–Trinajstić information content (AvgIpc) is 3.01. The number of nitriles is 1. The summed E-state index contributed by atoms with van der Waals surface area (Å²) in [4.78, 5) is 4.64. The molecule has 2 atom stereocenters. The molecule has 8 heteroatoms. The van der Waals surface area contributed by atoms with Gasteiger partial charge in [-0.15, -0.1) is 0 Å². The molecule has 3 aromatic rings. The van der Waals surface area contributed by atoms with Crippen LogP contribution in [0.1, 0.15) is 42.6 Å². The SMILES string of the molecule is CC1(C)C(c2ccc(S(N)(=O)=O)cc2)C1c1noc(-c2ccc(C#N)cc2)n1. The van der Waals surface area contributed by atoms with E-state index < -0.39 is 10.0 Å². The summed E-state index contributed by atoms with van der Waals surface area (Å²) in [5.41, 5.74) is 2.24. The van der Waals surface area contributed by atoms with E-state index in [1.165, 1.54) is 12.1 Å². The zero-order valence-electron chi connectivity index (χ0n) is 15.3. The fourth-order valence-corrected chi connectivity index (χ4v) is 4.29. The smallest absolute Gasteiger partial charge is 0.257 e. The lowest BCUT2D eigenvalue weighted by atomic mass is 10.0. The molecule has 1 heterocycles. The van der Waals surface area contributed by atoms with E-state index in [4.69, 9.17) is 14.9 Å². The minimum atomic E-state index is -3.71. The van der Waals surface area contributed by atoms with E-state index >= 15 is 0 Å². The average molecular weight is 394 g/mol. The van der Waals surface area contributed by atoms with Crippen molar-refractivity contribution in [2.24, 2.45) is 10.6 Å². The summed E-state index contributed by atoms with van der Waals surface area (Å²) in [6.45, 7) is 4.24. The van der Waals surface area contributed by atoms with Crippen LogP contribution in [0.25, 0.3) is 11.5 Å². The lowest BCUT2D eigenvalue weighted by Crippen LogP contribution is -2.11. The summed E-state index contributed by atoms with van der Waals surface area (Å²) < 4.78 is 28.3. The van der Waals surface area contributed by atoms with Crippen molar-refractivity contribution in [1.82, 2.24) is 10.1 Å². The third-order valence-electron chi connectivity index (χ3n) is 5.38. The number of aromatic nitrogens is 2. The Morgan fingerprint density at radius 2 is 1.71 bits per heavy atom. The Bertz CT molecular complexity index is 1170. The van der Waals surface area contributed by atoms with Crippen LogP contribution < -0.4 is 5.14 Å². The number of rotatable bonds is 4. The summed E-state index contributed by atoms with van der Waals surface area (Å²) in [5, 5.41) is 18.2. The van der Waals surface area contributed by atoms with Crippen molar-refractivity contribution in [2.75, 3.05) is 0 Å². The zero-order chi connectivity index (χ0) is 20.1. The van der Waals surface area contributed by atoms with E-state index in [9.17, 15) is 8.42 Å². The lowest BCUT2D eigenvalue weighted by Gasteiger charge is -2.04. The molecule has 1 aromatic heterocycles. The first-order valence-electron chi connectivity index (χ1n) is 8.69. The van der Waals surface area contributed by atoms with Crippen LogP contribution in [0.4, 0.5) is 0 Å². The van der Waals surface area contributed by atoms with Crippen molar-refractivity contribution in [1.29, 1.82) is 5.26 Å². The molecule has 1 fully saturated rings. The highest BCUT2D eigenvalue weighted by Gasteiger charge is 2.61. The molecule has 1 aliphatic carbocycles. The van der Waals surface area contributed by atoms with Gasteiger partial charge in [-0.25, -0.2) is 13.6 Å². The van der Waals surface area contributed by atoms with Gasteiger partial charge in [-0.05, 0) is 47.4 Å². The highest BCUT2D eigenvalue weighted by atomic mass is 32.2. The molecule has 0 bridgehead atoms. The van der Waals surface area contributed by atoms with Gasteiger partial charge in [-0.3, -0.25) is 0 Å². The Balaban J connectivity index is 1.60. The first-order chi connectivity index (χ1) is 13.2. The summed E-state index contributed by atoms with van der Waals surface area (Å²) in [6, 6.07) is 15.6. The van der Waals surface area contributed by atoms with Crippen molar-refractivity contribution in [3.05, 3.63) is 65.5 Å². The van der Waals surface area contributed by atoms with Gasteiger partial charge in [0, 0.05) is 17.4 Å². The van der Waals surface area contributed by atoms with Gasteiger partial charge in [0.1, 0.15) is 0 Å². The van der Waals surface area contributed by atoms with Crippen molar-refractivity contribution < 1.29 is 12.9 Å². The molecule has 0 saturated heterocycles. The standard InChI is InChI=1S/C20H18N4O3S/c1-20(2)16(13-7-9-15(10-8-13)28(22,25)26)17(20)18-23-19(27-24-18)14-5-3-12(11-21)4-6-14/h3-10,16-17H,1-2H3,(H2,22,25,26). The molecule has 7 nitrogen and oxygen atoms in total. The highest BCUT2D eigenvalue weighted by molar-refractivity contribution is 7.89. The van der Waals surface area contributed by atoms with Gasteiger partial charge >= 0.3 is 0 Å². The van der Waals surface area contributed by atoms with Crippen LogP contribution in [0, 0.1) is 16.7 Å². The Morgan fingerprint density at radius 1 is 1.07 bits per heavy atom. The third-order valence-corrected chi connectivity index (χ3v) is 6.31. The molecule has 1 aliphatic rings. The lowest BCUT2D eigenvalue weighted by molar-refractivity contribution is 0.419. The molecule has 2 aromatic carbocycles. The predicted molar refractivity (Wildman–Crippen MR) is 102 cm³/mol. The van der Waals surface area contributed by atoms with Crippen LogP contribution in [-0.4, -0.2) is 18.6 Å². The summed E-state index contributed by atoms with van der Waals surface area (Å²) in [7, 11) is -3.71. The first-order valence-corrected chi connectivity index (χ1v) is 10.2. The molecule has 4 rings (SSSR count). The van der Waals surface area contributed by atoms with Crippen molar-refractivity contribution in [3.8, 4) is 17.5 Å². The fraction of sp³-hybridized carbons (Fsp3) is 0.250. The van der Waals surface area contributed by atoms with E-state index in [0.29, 0.717) is 17.3 Å². The molecule has 0 amide bonds. The normalized spacial score (nSPS) is 20.5. The maximum Gasteiger partial charge on any atom is 0.257 e. The highest BCUT2D eigenvalue weighted by Crippen LogP contribution is 2.69. The number of hydrogen-bond acceptors (Lipinski definition) is 6. The van der Waals surface area contributed by atoms with Gasteiger partial charge < -0.3 is 4.52 Å². The summed E-state index contributed by atoms with van der Waals surface area (Å²) in [6.07, 6.45) is 0. The van der Waals surface area contributed by atoms with E-state index in [2.05, 4.69) is 30.1 Å². The third kappa shape index (κ3) is 3.09. The molecule has 2 unspecified atom stereocenters. The summed E-state index contributed by atoms with van der Waals surface area (Å²) >= 11 is 0. The van der Waals surface area contributed by atoms with Gasteiger partial charge in [0.15, 0.2) is 5.82 Å². The van der Waals surface area contributed by atoms with Crippen LogP contribution >= 0.6 is 0 Å². The quantitative estimate of drug-likeness (QED) is 0.725. The van der Waals surface area contributed by atoms with Gasteiger partial charge in [0.25, 0.3) is 5.89 Å². The van der Waals surface area contributed by atoms with Crippen molar-refractivity contribution >= 4 is 10.0 Å². The Hall–Kier alpha value is -3.02. The van der Waals surface area contributed by atoms with Crippen molar-refractivity contribution in [3.63, 3.8) is 0 Å². The van der Waals surface area contributed by atoms with Crippen LogP contribution in [-0.2, 0) is 10.0 Å². The topological polar surface area (TPSA) is 123 Å². The number of benzene rings is 2. The molecule has 142 valence electrons. The van der Waals surface area contributed by atoms with Crippen LogP contribution in [0.2, 0.25) is 0 Å². The van der Waals surface area contributed by atoms with E-state index in [0.717, 1.165) is 11.1 Å². The molecule has 0 spiro atoms. The fourth-order valence-electron chi connectivity index (χ4n) is 3.77. The Kier molecular flexibility index (Phi) is 4.10. The first kappa shape index (κ1) is 18.3. The van der Waals surface area contributed by atoms with Gasteiger partial charge in [0.05, 0.1) is 16.5 Å². The van der Waals surface area contributed by atoms with Crippen molar-refractivity contribution in [2.45, 2.75) is 30.6 Å². The van der Waals surface area contributed by atoms with E-state index in [1.54, 1.807) is 36.4 Å². The van der Waals surface area contributed by atoms with Gasteiger partial charge in [-0.1, -0.05) is 31.1 Å². The van der Waals surface area contributed by atoms with Crippen LogP contribution in [0.3, 0.4) is 0 Å². The Labute approximate surface area is 162 Å². The summed E-state index contributed by atoms with van der Waals surface area (Å²) in [5.74, 6) is 1.23. The molecule has 0 radical (unpaired) electrons. The van der Waals surface area contributed by atoms with Crippen LogP contribution in [0.5, 0.6) is 0 Å². The van der Waals surface area contributed by atoms with Gasteiger partial charge in [0.2, 0.25) is 10.0 Å². The molecular formula is C20H18N4O3S. The molecule has 0 aliphatic heterocycles. The van der Waals surface area contributed by atoms with E-state index in [-0.39, 0.29) is 22.1 Å². The predicted octanol–water partition coefficient (Wildman–Crippen LogP) is 3.16.